The van der Waals surface area contributed by atoms with Gasteiger partial charge in [0, 0.05) is 23.3 Å². The van der Waals surface area contributed by atoms with Crippen LogP contribution in [-0.4, -0.2) is 15.8 Å². The van der Waals surface area contributed by atoms with Gasteiger partial charge in [-0.1, -0.05) is 34.1 Å². The van der Waals surface area contributed by atoms with Crippen molar-refractivity contribution in [3.05, 3.63) is 58.6 Å². The van der Waals surface area contributed by atoms with Crippen LogP contribution < -0.4 is 0 Å². The van der Waals surface area contributed by atoms with Gasteiger partial charge >= 0.3 is 0 Å². The van der Waals surface area contributed by atoms with Crippen molar-refractivity contribution in [2.75, 3.05) is 0 Å². The minimum Gasteiger partial charge on any atom is -0.292 e. The van der Waals surface area contributed by atoms with Crippen LogP contribution in [0.2, 0.25) is 0 Å². The Labute approximate surface area is 102 Å². The average Bonchev–Trinajstić information content (AvgIpc) is 2.33. The van der Waals surface area contributed by atoms with Gasteiger partial charge in [-0.25, -0.2) is 4.98 Å². The molecular formula is C12H9BrN2O. The van der Waals surface area contributed by atoms with Crippen molar-refractivity contribution < 1.29 is 4.79 Å². The van der Waals surface area contributed by atoms with E-state index in [2.05, 4.69) is 25.9 Å². The molecule has 0 aliphatic carbocycles. The van der Waals surface area contributed by atoms with Gasteiger partial charge in [-0.2, -0.15) is 0 Å². The SMILES string of the molecule is O=C(Cc1ccccc1Br)c1cnccn1. The molecule has 0 saturated carbocycles. The molecule has 80 valence electrons. The number of halogens is 1. The van der Waals surface area contributed by atoms with E-state index in [0.717, 1.165) is 10.0 Å². The lowest BCUT2D eigenvalue weighted by Gasteiger charge is -2.02. The Hall–Kier alpha value is -1.55. The minimum atomic E-state index is -0.0278. The molecule has 2 aromatic rings. The van der Waals surface area contributed by atoms with Gasteiger partial charge in [0.05, 0.1) is 6.20 Å². The Bertz CT molecular complexity index is 499. The summed E-state index contributed by atoms with van der Waals surface area (Å²) in [7, 11) is 0. The topological polar surface area (TPSA) is 42.9 Å². The zero-order valence-corrected chi connectivity index (χ0v) is 10.0. The molecule has 3 nitrogen and oxygen atoms in total. The second kappa shape index (κ2) is 4.99. The maximum atomic E-state index is 11.8. The summed E-state index contributed by atoms with van der Waals surface area (Å²) in [6, 6.07) is 7.65. The third-order valence-corrected chi connectivity index (χ3v) is 2.93. The number of benzene rings is 1. The highest BCUT2D eigenvalue weighted by atomic mass is 79.9. The summed E-state index contributed by atoms with van der Waals surface area (Å²) in [5, 5.41) is 0. The summed E-state index contributed by atoms with van der Waals surface area (Å²) in [4.78, 5) is 19.7. The Morgan fingerprint density at radius 1 is 1.25 bits per heavy atom. The number of rotatable bonds is 3. The van der Waals surface area contributed by atoms with Crippen molar-refractivity contribution in [3.8, 4) is 0 Å². The molecule has 0 aliphatic rings. The predicted octanol–water partition coefficient (Wildman–Crippen LogP) is 2.66. The van der Waals surface area contributed by atoms with Crippen LogP contribution >= 0.6 is 15.9 Å². The minimum absolute atomic E-state index is 0.0278. The molecule has 0 saturated heterocycles. The summed E-state index contributed by atoms with van der Waals surface area (Å²) in [5.74, 6) is -0.0278. The number of ketones is 1. The van der Waals surface area contributed by atoms with Crippen LogP contribution in [0, 0.1) is 0 Å². The van der Waals surface area contributed by atoms with E-state index < -0.39 is 0 Å². The van der Waals surface area contributed by atoms with E-state index in [1.165, 1.54) is 12.4 Å². The molecule has 0 radical (unpaired) electrons. The number of aromatic nitrogens is 2. The lowest BCUT2D eigenvalue weighted by molar-refractivity contribution is 0.0987. The Kier molecular flexibility index (Phi) is 3.41. The predicted molar refractivity (Wildman–Crippen MR) is 64.2 cm³/mol. The smallest absolute Gasteiger partial charge is 0.187 e. The summed E-state index contributed by atoms with van der Waals surface area (Å²) < 4.78 is 0.937. The zero-order chi connectivity index (χ0) is 11.4. The highest BCUT2D eigenvalue weighted by Gasteiger charge is 2.09. The number of carbonyl (C=O) groups is 1. The van der Waals surface area contributed by atoms with E-state index in [1.54, 1.807) is 6.20 Å². The van der Waals surface area contributed by atoms with Crippen LogP contribution in [0.25, 0.3) is 0 Å². The van der Waals surface area contributed by atoms with E-state index in [9.17, 15) is 4.79 Å². The molecule has 0 atom stereocenters. The summed E-state index contributed by atoms with van der Waals surface area (Å²) in [6.45, 7) is 0. The molecule has 0 aliphatic heterocycles. The van der Waals surface area contributed by atoms with Crippen molar-refractivity contribution in [1.82, 2.24) is 9.97 Å². The second-order valence-electron chi connectivity index (χ2n) is 3.28. The van der Waals surface area contributed by atoms with E-state index in [0.29, 0.717) is 12.1 Å². The van der Waals surface area contributed by atoms with Crippen LogP contribution in [0.15, 0.2) is 47.3 Å². The Morgan fingerprint density at radius 3 is 2.75 bits per heavy atom. The van der Waals surface area contributed by atoms with Crippen LogP contribution in [0.1, 0.15) is 16.1 Å². The molecule has 0 spiro atoms. The number of nitrogens with zero attached hydrogens (tertiary/aromatic N) is 2. The Balaban J connectivity index is 2.18. The number of carbonyl (C=O) groups excluding carboxylic acids is 1. The van der Waals surface area contributed by atoms with Gasteiger partial charge in [0.15, 0.2) is 5.78 Å². The standard InChI is InChI=1S/C12H9BrN2O/c13-10-4-2-1-3-9(10)7-12(16)11-8-14-5-6-15-11/h1-6,8H,7H2. The highest BCUT2D eigenvalue weighted by molar-refractivity contribution is 9.10. The van der Waals surface area contributed by atoms with Crippen LogP contribution in [-0.2, 0) is 6.42 Å². The number of Topliss-reactive ketones (excluding diaryl/α,β-unsaturated/α-hetero) is 1. The average molecular weight is 277 g/mol. The zero-order valence-electron chi connectivity index (χ0n) is 8.43. The molecule has 4 heteroatoms. The summed E-state index contributed by atoms with van der Waals surface area (Å²) >= 11 is 3.41. The van der Waals surface area contributed by atoms with E-state index in [-0.39, 0.29) is 5.78 Å². The van der Waals surface area contributed by atoms with Crippen molar-refractivity contribution in [2.24, 2.45) is 0 Å². The fraction of sp³-hybridized carbons (Fsp3) is 0.0833. The van der Waals surface area contributed by atoms with Gasteiger partial charge in [-0.3, -0.25) is 9.78 Å². The number of hydrogen-bond donors (Lipinski definition) is 0. The second-order valence-corrected chi connectivity index (χ2v) is 4.14. The maximum Gasteiger partial charge on any atom is 0.187 e. The molecule has 2 rings (SSSR count). The first kappa shape index (κ1) is 11.0. The number of hydrogen-bond acceptors (Lipinski definition) is 3. The molecule has 0 N–H and O–H groups in total. The van der Waals surface area contributed by atoms with Gasteiger partial charge in [0.2, 0.25) is 0 Å². The van der Waals surface area contributed by atoms with Crippen LogP contribution in [0.4, 0.5) is 0 Å². The van der Waals surface area contributed by atoms with Crippen molar-refractivity contribution in [1.29, 1.82) is 0 Å². The monoisotopic (exact) mass is 276 g/mol. The maximum absolute atomic E-state index is 11.8. The van der Waals surface area contributed by atoms with Crippen molar-refractivity contribution in [3.63, 3.8) is 0 Å². The normalized spacial score (nSPS) is 10.1. The molecule has 0 unspecified atom stereocenters. The van der Waals surface area contributed by atoms with Crippen LogP contribution in [0.5, 0.6) is 0 Å². The van der Waals surface area contributed by atoms with Crippen molar-refractivity contribution in [2.45, 2.75) is 6.42 Å². The lowest BCUT2D eigenvalue weighted by Crippen LogP contribution is -2.06. The molecule has 1 heterocycles. The fourth-order valence-corrected chi connectivity index (χ4v) is 1.77. The first-order chi connectivity index (χ1) is 7.77. The van der Waals surface area contributed by atoms with Gasteiger partial charge < -0.3 is 0 Å². The Morgan fingerprint density at radius 2 is 2.06 bits per heavy atom. The summed E-state index contributed by atoms with van der Waals surface area (Å²) in [5.41, 5.74) is 1.36. The first-order valence-electron chi connectivity index (χ1n) is 4.80. The first-order valence-corrected chi connectivity index (χ1v) is 5.59. The van der Waals surface area contributed by atoms with E-state index >= 15 is 0 Å². The highest BCUT2D eigenvalue weighted by Crippen LogP contribution is 2.17. The van der Waals surface area contributed by atoms with Gasteiger partial charge in [0.25, 0.3) is 0 Å². The molecule has 0 amide bonds. The summed E-state index contributed by atoms with van der Waals surface area (Å²) in [6.07, 6.45) is 4.89. The molecule has 1 aromatic heterocycles. The molecule has 1 aromatic carbocycles. The fourth-order valence-electron chi connectivity index (χ4n) is 1.35. The van der Waals surface area contributed by atoms with Gasteiger partial charge in [-0.15, -0.1) is 0 Å². The van der Waals surface area contributed by atoms with E-state index in [1.807, 2.05) is 24.3 Å². The van der Waals surface area contributed by atoms with E-state index in [4.69, 9.17) is 0 Å². The lowest BCUT2D eigenvalue weighted by atomic mass is 10.1. The third kappa shape index (κ3) is 2.52. The van der Waals surface area contributed by atoms with Gasteiger partial charge in [0.1, 0.15) is 5.69 Å². The molecule has 0 fully saturated rings. The molecule has 0 bridgehead atoms. The molecule has 16 heavy (non-hydrogen) atoms. The third-order valence-electron chi connectivity index (χ3n) is 2.16. The molecular weight excluding hydrogens is 268 g/mol. The largest absolute Gasteiger partial charge is 0.292 e. The van der Waals surface area contributed by atoms with Crippen LogP contribution in [0.3, 0.4) is 0 Å². The van der Waals surface area contributed by atoms with Gasteiger partial charge in [-0.05, 0) is 11.6 Å². The van der Waals surface area contributed by atoms with Crippen molar-refractivity contribution >= 4 is 21.7 Å². The quantitative estimate of drug-likeness (QED) is 0.810.